The van der Waals surface area contributed by atoms with E-state index >= 15 is 0 Å². The van der Waals surface area contributed by atoms with E-state index in [0.29, 0.717) is 6.04 Å². The fourth-order valence-electron chi connectivity index (χ4n) is 2.33. The van der Waals surface area contributed by atoms with Gasteiger partial charge in [0, 0.05) is 24.9 Å². The third-order valence-electron chi connectivity index (χ3n) is 3.38. The van der Waals surface area contributed by atoms with E-state index in [1.807, 2.05) is 17.4 Å². The summed E-state index contributed by atoms with van der Waals surface area (Å²) >= 11 is 10.5. The Morgan fingerprint density at radius 1 is 1.19 bits per heavy atom. The van der Waals surface area contributed by atoms with Gasteiger partial charge in [-0.15, -0.1) is 11.3 Å². The van der Waals surface area contributed by atoms with Crippen LogP contribution in [-0.4, -0.2) is 6.54 Å². The van der Waals surface area contributed by atoms with Gasteiger partial charge in [0.25, 0.3) is 0 Å². The van der Waals surface area contributed by atoms with E-state index in [1.54, 1.807) is 0 Å². The molecule has 0 saturated carbocycles. The van der Waals surface area contributed by atoms with Crippen LogP contribution in [0.5, 0.6) is 0 Å². The van der Waals surface area contributed by atoms with Crippen LogP contribution in [0.4, 0.5) is 0 Å². The maximum atomic E-state index is 6.38. The Bertz CT molecular complexity index is 582. The summed E-state index contributed by atoms with van der Waals surface area (Å²) in [5.74, 6) is 0. The minimum absolute atomic E-state index is 0.469. The molecule has 2 rings (SSSR count). The summed E-state index contributed by atoms with van der Waals surface area (Å²) in [6.07, 6.45) is 3.54. The molecule has 1 nitrogen and oxygen atoms in total. The normalized spacial score (nSPS) is 12.6. The molecule has 1 N–H and O–H groups in total. The van der Waals surface area contributed by atoms with Crippen LogP contribution in [0.2, 0.25) is 5.02 Å². The monoisotopic (exact) mass is 433 g/mol. The van der Waals surface area contributed by atoms with Crippen molar-refractivity contribution in [2.75, 3.05) is 6.54 Å². The standard InChI is InChI=1S/C17H21ClINS/c1-3-5-15(20-10-4-2)17-9-8-16(21-17)13-7-6-12(19)11-14(13)18/h6-9,11,15,20H,3-5,10H2,1-2H3. The van der Waals surface area contributed by atoms with Crippen molar-refractivity contribution in [2.24, 2.45) is 0 Å². The lowest BCUT2D eigenvalue weighted by Gasteiger charge is -2.16. The lowest BCUT2D eigenvalue weighted by atomic mass is 10.1. The van der Waals surface area contributed by atoms with Crippen molar-refractivity contribution in [3.05, 3.63) is 43.8 Å². The number of hydrogen-bond acceptors (Lipinski definition) is 2. The summed E-state index contributed by atoms with van der Waals surface area (Å²) in [6.45, 7) is 5.52. The maximum Gasteiger partial charge on any atom is 0.0503 e. The molecule has 21 heavy (non-hydrogen) atoms. The van der Waals surface area contributed by atoms with Crippen molar-refractivity contribution in [2.45, 2.75) is 39.2 Å². The summed E-state index contributed by atoms with van der Waals surface area (Å²) in [6, 6.07) is 11.2. The fraction of sp³-hybridized carbons (Fsp3) is 0.412. The molecule has 0 aliphatic carbocycles. The number of halogens is 2. The van der Waals surface area contributed by atoms with E-state index in [4.69, 9.17) is 11.6 Å². The molecule has 0 spiro atoms. The average Bonchev–Trinajstić information content (AvgIpc) is 2.93. The Kier molecular flexibility index (Phi) is 6.99. The molecule has 1 unspecified atom stereocenters. The van der Waals surface area contributed by atoms with Gasteiger partial charge in [0.1, 0.15) is 0 Å². The molecule has 114 valence electrons. The lowest BCUT2D eigenvalue weighted by molar-refractivity contribution is 0.501. The van der Waals surface area contributed by atoms with E-state index in [-0.39, 0.29) is 0 Å². The minimum Gasteiger partial charge on any atom is -0.309 e. The molecule has 0 amide bonds. The first kappa shape index (κ1) is 17.3. The van der Waals surface area contributed by atoms with Gasteiger partial charge in [0.05, 0.1) is 5.02 Å². The highest BCUT2D eigenvalue weighted by Crippen LogP contribution is 2.37. The van der Waals surface area contributed by atoms with E-state index in [2.05, 4.69) is 66.0 Å². The van der Waals surface area contributed by atoms with Crippen LogP contribution < -0.4 is 5.32 Å². The van der Waals surface area contributed by atoms with E-state index in [1.165, 1.54) is 32.6 Å². The van der Waals surface area contributed by atoms with Gasteiger partial charge in [-0.25, -0.2) is 0 Å². The maximum absolute atomic E-state index is 6.38. The molecular weight excluding hydrogens is 413 g/mol. The van der Waals surface area contributed by atoms with Crippen molar-refractivity contribution in [1.82, 2.24) is 5.32 Å². The fourth-order valence-corrected chi connectivity index (χ4v) is 4.50. The predicted molar refractivity (Wildman–Crippen MR) is 103 cm³/mol. The largest absolute Gasteiger partial charge is 0.309 e. The zero-order valence-electron chi connectivity index (χ0n) is 12.5. The van der Waals surface area contributed by atoms with Crippen LogP contribution in [0.15, 0.2) is 30.3 Å². The SMILES string of the molecule is CCCNC(CCC)c1ccc(-c2ccc(I)cc2Cl)s1. The number of thiophene rings is 1. The van der Waals surface area contributed by atoms with Gasteiger partial charge in [0.15, 0.2) is 0 Å². The summed E-state index contributed by atoms with van der Waals surface area (Å²) in [7, 11) is 0. The number of nitrogens with one attached hydrogen (secondary N) is 1. The van der Waals surface area contributed by atoms with Gasteiger partial charge in [-0.2, -0.15) is 0 Å². The third-order valence-corrected chi connectivity index (χ3v) is 5.60. The van der Waals surface area contributed by atoms with Crippen LogP contribution in [0, 0.1) is 3.57 Å². The second-order valence-corrected chi connectivity index (χ2v) is 7.89. The number of hydrogen-bond donors (Lipinski definition) is 1. The molecule has 4 heteroatoms. The molecule has 1 aromatic carbocycles. The van der Waals surface area contributed by atoms with Crippen molar-refractivity contribution in [3.63, 3.8) is 0 Å². The predicted octanol–water partition coefficient (Wildman–Crippen LogP) is 6.51. The Hall–Kier alpha value is -0.100. The summed E-state index contributed by atoms with van der Waals surface area (Å²) in [4.78, 5) is 2.67. The van der Waals surface area contributed by atoms with E-state index in [0.717, 1.165) is 17.1 Å². The van der Waals surface area contributed by atoms with Crippen LogP contribution >= 0.6 is 45.5 Å². The second-order valence-electron chi connectivity index (χ2n) is 5.12. The quantitative estimate of drug-likeness (QED) is 0.490. The summed E-state index contributed by atoms with van der Waals surface area (Å²) in [5, 5.41) is 4.49. The van der Waals surface area contributed by atoms with Crippen LogP contribution in [-0.2, 0) is 0 Å². The van der Waals surface area contributed by atoms with Gasteiger partial charge in [-0.3, -0.25) is 0 Å². The van der Waals surface area contributed by atoms with Crippen molar-refractivity contribution in [1.29, 1.82) is 0 Å². The number of rotatable bonds is 7. The zero-order chi connectivity index (χ0) is 15.2. The third kappa shape index (κ3) is 4.68. The Morgan fingerprint density at radius 2 is 2.00 bits per heavy atom. The first-order valence-corrected chi connectivity index (χ1v) is 9.71. The average molecular weight is 434 g/mol. The zero-order valence-corrected chi connectivity index (χ0v) is 16.2. The van der Waals surface area contributed by atoms with Gasteiger partial charge in [0.2, 0.25) is 0 Å². The van der Waals surface area contributed by atoms with Crippen molar-refractivity contribution in [3.8, 4) is 10.4 Å². The molecule has 0 aliphatic rings. The highest BCUT2D eigenvalue weighted by atomic mass is 127. The van der Waals surface area contributed by atoms with Crippen LogP contribution in [0.3, 0.4) is 0 Å². The van der Waals surface area contributed by atoms with Gasteiger partial charge in [-0.05, 0) is 66.2 Å². The highest BCUT2D eigenvalue weighted by molar-refractivity contribution is 14.1. The lowest BCUT2D eigenvalue weighted by Crippen LogP contribution is -2.21. The number of benzene rings is 1. The first-order valence-electron chi connectivity index (χ1n) is 7.44. The molecule has 1 atom stereocenters. The van der Waals surface area contributed by atoms with Crippen molar-refractivity contribution < 1.29 is 0 Å². The van der Waals surface area contributed by atoms with Crippen molar-refractivity contribution >= 4 is 45.5 Å². The molecule has 0 aliphatic heterocycles. The van der Waals surface area contributed by atoms with Crippen LogP contribution in [0.25, 0.3) is 10.4 Å². The van der Waals surface area contributed by atoms with Gasteiger partial charge < -0.3 is 5.32 Å². The second kappa shape index (κ2) is 8.51. The Balaban J connectivity index is 2.22. The van der Waals surface area contributed by atoms with Crippen LogP contribution in [0.1, 0.15) is 44.0 Å². The summed E-state index contributed by atoms with van der Waals surface area (Å²) in [5.41, 5.74) is 1.14. The van der Waals surface area contributed by atoms with E-state index < -0.39 is 0 Å². The molecule has 0 radical (unpaired) electrons. The Labute approximate surface area is 150 Å². The molecule has 0 fully saturated rings. The minimum atomic E-state index is 0.469. The van der Waals surface area contributed by atoms with Gasteiger partial charge in [-0.1, -0.05) is 37.9 Å². The molecule has 1 heterocycles. The molecule has 1 aromatic heterocycles. The van der Waals surface area contributed by atoms with E-state index in [9.17, 15) is 0 Å². The molecule has 0 saturated heterocycles. The van der Waals surface area contributed by atoms with Gasteiger partial charge >= 0.3 is 0 Å². The molecule has 0 bridgehead atoms. The smallest absolute Gasteiger partial charge is 0.0503 e. The topological polar surface area (TPSA) is 12.0 Å². The summed E-state index contributed by atoms with van der Waals surface area (Å²) < 4.78 is 1.17. The Morgan fingerprint density at radius 3 is 2.67 bits per heavy atom. The molecular formula is C17H21ClINS. The first-order chi connectivity index (χ1) is 10.2. The molecule has 2 aromatic rings. The highest BCUT2D eigenvalue weighted by Gasteiger charge is 2.14.